The molecule has 1 saturated heterocycles. The van der Waals surface area contributed by atoms with Crippen molar-refractivity contribution in [3.63, 3.8) is 0 Å². The molecule has 7 nitrogen and oxygen atoms in total. The Morgan fingerprint density at radius 2 is 2.09 bits per heavy atom. The van der Waals surface area contributed by atoms with E-state index in [4.69, 9.17) is 21.4 Å². The zero-order valence-corrected chi connectivity index (χ0v) is 20.1. The van der Waals surface area contributed by atoms with E-state index in [-0.39, 0.29) is 11.8 Å². The van der Waals surface area contributed by atoms with Crippen LogP contribution in [0.15, 0.2) is 50.8 Å². The first-order valence-corrected chi connectivity index (χ1v) is 11.7. The summed E-state index contributed by atoms with van der Waals surface area (Å²) in [5.74, 6) is 1.91. The second kappa shape index (κ2) is 9.51. The summed E-state index contributed by atoms with van der Waals surface area (Å²) >= 11 is 6.15. The average molecular weight is 468 g/mol. The maximum Gasteiger partial charge on any atom is 0.289 e. The van der Waals surface area contributed by atoms with Crippen molar-refractivity contribution < 1.29 is 9.21 Å². The highest BCUT2D eigenvalue weighted by molar-refractivity contribution is 6.40. The summed E-state index contributed by atoms with van der Waals surface area (Å²) in [6.07, 6.45) is 3.45. The zero-order chi connectivity index (χ0) is 23.6. The Morgan fingerprint density at radius 3 is 2.79 bits per heavy atom. The Labute approximate surface area is 199 Å². The number of hydrogen-bond acceptors (Lipinski definition) is 5. The molecule has 2 aromatic rings. The van der Waals surface area contributed by atoms with Crippen molar-refractivity contribution in [2.75, 3.05) is 26.2 Å². The van der Waals surface area contributed by atoms with E-state index >= 15 is 0 Å². The van der Waals surface area contributed by atoms with E-state index in [2.05, 4.69) is 9.98 Å². The summed E-state index contributed by atoms with van der Waals surface area (Å²) in [4.78, 5) is 25.9. The lowest BCUT2D eigenvalue weighted by molar-refractivity contribution is 0.0436. The fourth-order valence-corrected chi connectivity index (χ4v) is 4.61. The molecule has 174 valence electrons. The number of furan rings is 1. The van der Waals surface area contributed by atoms with Gasteiger partial charge in [0.2, 0.25) is 0 Å². The van der Waals surface area contributed by atoms with Crippen LogP contribution in [0.1, 0.15) is 55.0 Å². The van der Waals surface area contributed by atoms with Gasteiger partial charge in [0.25, 0.3) is 5.91 Å². The Bertz CT molecular complexity index is 1100. The number of nitrogens with one attached hydrogen (secondary N) is 1. The molecule has 0 radical (unpaired) electrons. The number of piperazine rings is 1. The molecule has 1 unspecified atom stereocenters. The third kappa shape index (κ3) is 5.03. The predicted molar refractivity (Wildman–Crippen MR) is 132 cm³/mol. The van der Waals surface area contributed by atoms with Crippen molar-refractivity contribution in [3.8, 4) is 0 Å². The van der Waals surface area contributed by atoms with Gasteiger partial charge in [0.1, 0.15) is 5.76 Å². The standard InChI is InChI=1S/C25H30ClN5O2/c1-4-20-8-9-21(33-20)24(32)30-12-13-31(25(2,3)16-30)22(27)23-28-11-10-18(15-29-23)17-6-5-7-19(26)14-17/h5-9,14-15,18,27H,4,10-13,16H2,1-3H3. The number of benzene rings is 1. The van der Waals surface area contributed by atoms with Gasteiger partial charge in [0.15, 0.2) is 17.4 Å². The van der Waals surface area contributed by atoms with Crippen LogP contribution in [0.5, 0.6) is 0 Å². The summed E-state index contributed by atoms with van der Waals surface area (Å²) < 4.78 is 5.66. The number of carbonyl (C=O) groups is 1. The highest BCUT2D eigenvalue weighted by Gasteiger charge is 2.39. The number of nitrogens with zero attached hydrogens (tertiary/aromatic N) is 4. The van der Waals surface area contributed by atoms with E-state index in [0.717, 1.165) is 24.2 Å². The van der Waals surface area contributed by atoms with Crippen LogP contribution in [-0.4, -0.2) is 65.3 Å². The third-order valence-electron chi connectivity index (χ3n) is 6.25. The molecule has 1 fully saturated rings. The topological polar surface area (TPSA) is 85.3 Å². The molecule has 0 aliphatic carbocycles. The number of hydrogen-bond donors (Lipinski definition) is 1. The molecule has 4 rings (SSSR count). The monoisotopic (exact) mass is 467 g/mol. The van der Waals surface area contributed by atoms with Crippen molar-refractivity contribution in [2.24, 2.45) is 9.98 Å². The predicted octanol–water partition coefficient (Wildman–Crippen LogP) is 4.67. The van der Waals surface area contributed by atoms with E-state index in [1.807, 2.05) is 62.2 Å². The molecule has 1 aromatic carbocycles. The molecule has 1 N–H and O–H groups in total. The minimum atomic E-state index is -0.443. The minimum Gasteiger partial charge on any atom is -0.456 e. The van der Waals surface area contributed by atoms with Crippen LogP contribution in [-0.2, 0) is 6.42 Å². The highest BCUT2D eigenvalue weighted by Crippen LogP contribution is 2.26. The van der Waals surface area contributed by atoms with Crippen LogP contribution >= 0.6 is 11.6 Å². The lowest BCUT2D eigenvalue weighted by atomic mass is 9.97. The fraction of sp³-hybridized carbons (Fsp3) is 0.440. The van der Waals surface area contributed by atoms with Gasteiger partial charge in [0.05, 0.1) is 5.54 Å². The van der Waals surface area contributed by atoms with Gasteiger partial charge in [-0.05, 0) is 50.1 Å². The lowest BCUT2D eigenvalue weighted by Crippen LogP contribution is -2.62. The van der Waals surface area contributed by atoms with Crippen molar-refractivity contribution >= 4 is 35.4 Å². The second-order valence-electron chi connectivity index (χ2n) is 9.09. The van der Waals surface area contributed by atoms with Gasteiger partial charge in [-0.2, -0.15) is 0 Å². The molecule has 33 heavy (non-hydrogen) atoms. The number of aryl methyl sites for hydroxylation is 1. The van der Waals surface area contributed by atoms with Crippen LogP contribution in [0.4, 0.5) is 0 Å². The normalized spacial score (nSPS) is 20.4. The number of amidine groups is 2. The number of amides is 1. The number of aliphatic imine (C=N–C) groups is 2. The van der Waals surface area contributed by atoms with Crippen LogP contribution in [0, 0.1) is 5.41 Å². The SMILES string of the molecule is CCc1ccc(C(=O)N2CCN(C(=N)C3=NCCC(c4cccc(Cl)c4)C=N3)C(C)(C)C2)o1. The minimum absolute atomic E-state index is 0.108. The molecule has 0 saturated carbocycles. The number of rotatable bonds is 4. The quantitative estimate of drug-likeness (QED) is 0.523. The van der Waals surface area contributed by atoms with Gasteiger partial charge in [-0.15, -0.1) is 0 Å². The fourth-order valence-electron chi connectivity index (χ4n) is 4.41. The smallest absolute Gasteiger partial charge is 0.289 e. The lowest BCUT2D eigenvalue weighted by Gasteiger charge is -2.47. The van der Waals surface area contributed by atoms with Gasteiger partial charge < -0.3 is 14.2 Å². The first-order valence-electron chi connectivity index (χ1n) is 11.4. The van der Waals surface area contributed by atoms with E-state index in [0.29, 0.717) is 48.6 Å². The van der Waals surface area contributed by atoms with Gasteiger partial charge in [-0.1, -0.05) is 30.7 Å². The van der Waals surface area contributed by atoms with Crippen molar-refractivity contribution in [1.82, 2.24) is 9.80 Å². The number of carbonyl (C=O) groups excluding carboxylic acids is 1. The third-order valence-corrected chi connectivity index (χ3v) is 6.48. The van der Waals surface area contributed by atoms with Crippen LogP contribution in [0.2, 0.25) is 5.02 Å². The summed E-state index contributed by atoms with van der Waals surface area (Å²) in [7, 11) is 0. The number of halogens is 1. The van der Waals surface area contributed by atoms with Crippen molar-refractivity contribution in [2.45, 2.75) is 45.1 Å². The second-order valence-corrected chi connectivity index (χ2v) is 9.53. The van der Waals surface area contributed by atoms with Gasteiger partial charge in [-0.25, -0.2) is 4.99 Å². The largest absolute Gasteiger partial charge is 0.456 e. The Kier molecular flexibility index (Phi) is 6.70. The van der Waals surface area contributed by atoms with Crippen LogP contribution < -0.4 is 0 Å². The van der Waals surface area contributed by atoms with Crippen molar-refractivity contribution in [3.05, 3.63) is 58.5 Å². The van der Waals surface area contributed by atoms with Crippen LogP contribution in [0.25, 0.3) is 0 Å². The zero-order valence-electron chi connectivity index (χ0n) is 19.3. The summed E-state index contributed by atoms with van der Waals surface area (Å²) in [6.45, 7) is 8.19. The first-order chi connectivity index (χ1) is 15.8. The van der Waals surface area contributed by atoms with E-state index in [9.17, 15) is 4.79 Å². The molecular formula is C25H30ClN5O2. The molecule has 8 heteroatoms. The van der Waals surface area contributed by atoms with E-state index < -0.39 is 5.54 Å². The summed E-state index contributed by atoms with van der Waals surface area (Å²) in [6, 6.07) is 11.4. The Morgan fingerprint density at radius 1 is 1.27 bits per heavy atom. The molecule has 2 aliphatic heterocycles. The van der Waals surface area contributed by atoms with Crippen LogP contribution in [0.3, 0.4) is 0 Å². The maximum atomic E-state index is 12.9. The summed E-state index contributed by atoms with van der Waals surface area (Å²) in [5, 5.41) is 9.54. The molecule has 1 amide bonds. The molecule has 1 atom stereocenters. The van der Waals surface area contributed by atoms with Gasteiger partial charge in [0, 0.05) is 49.8 Å². The van der Waals surface area contributed by atoms with Gasteiger partial charge in [-0.3, -0.25) is 15.2 Å². The molecule has 2 aliphatic rings. The molecule has 3 heterocycles. The van der Waals surface area contributed by atoms with Crippen molar-refractivity contribution in [1.29, 1.82) is 5.41 Å². The molecule has 1 aromatic heterocycles. The van der Waals surface area contributed by atoms with E-state index in [1.54, 1.807) is 11.0 Å². The van der Waals surface area contributed by atoms with Gasteiger partial charge >= 0.3 is 0 Å². The van der Waals surface area contributed by atoms with E-state index in [1.165, 1.54) is 0 Å². The molecular weight excluding hydrogens is 438 g/mol. The average Bonchev–Trinajstić information content (AvgIpc) is 3.14. The highest BCUT2D eigenvalue weighted by atomic mass is 35.5. The summed E-state index contributed by atoms with van der Waals surface area (Å²) in [5.41, 5.74) is 0.660. The first kappa shape index (κ1) is 23.2. The Hall–Kier alpha value is -2.93. The molecule has 0 spiro atoms. The maximum absolute atomic E-state index is 12.9. The molecule has 0 bridgehead atoms. The Balaban J connectivity index is 1.44.